The van der Waals surface area contributed by atoms with Crippen LogP contribution in [0.2, 0.25) is 18.1 Å². The number of rotatable bonds is 4. The Morgan fingerprint density at radius 1 is 1.20 bits per heavy atom. The van der Waals surface area contributed by atoms with E-state index in [0.717, 1.165) is 18.1 Å². The van der Waals surface area contributed by atoms with Crippen LogP contribution in [0.3, 0.4) is 0 Å². The van der Waals surface area contributed by atoms with Gasteiger partial charge in [-0.15, -0.1) is 0 Å². The maximum atomic E-state index is 8.34. The van der Waals surface area contributed by atoms with E-state index in [1.807, 2.05) is 0 Å². The predicted octanol–water partition coefficient (Wildman–Crippen LogP) is 2.35. The van der Waals surface area contributed by atoms with E-state index in [9.17, 15) is 0 Å². The lowest BCUT2D eigenvalue weighted by atomic mass is 10.9. The summed E-state index contributed by atoms with van der Waals surface area (Å²) in [6.45, 7) is 6.45. The van der Waals surface area contributed by atoms with Crippen molar-refractivity contribution < 1.29 is 0 Å². The summed E-state index contributed by atoms with van der Waals surface area (Å²) in [6.07, 6.45) is 0. The molecule has 0 aliphatic rings. The quantitative estimate of drug-likeness (QED) is 0.387. The molecule has 0 radical (unpaired) electrons. The zero-order valence-electron chi connectivity index (χ0n) is 7.02. The molecule has 0 bridgehead atoms. The summed E-state index contributed by atoms with van der Waals surface area (Å²) in [6, 6.07) is 3.39. The van der Waals surface area contributed by atoms with E-state index in [1.165, 1.54) is 0 Å². The fourth-order valence-electron chi connectivity index (χ4n) is 1.09. The number of nitrogens with one attached hydrogen (secondary N) is 1. The molecule has 0 aliphatic carbocycles. The highest BCUT2D eigenvalue weighted by Crippen LogP contribution is 2.15. The molecule has 0 unspecified atom stereocenters. The summed E-state index contributed by atoms with van der Waals surface area (Å²) in [5.41, 5.74) is 0. The van der Waals surface area contributed by atoms with E-state index in [2.05, 4.69) is 30.9 Å². The van der Waals surface area contributed by atoms with Gasteiger partial charge in [0.25, 0.3) is 18.7 Å². The SMILES string of the molecule is CC[Si](CC)(CC)N[N+]#N. The van der Waals surface area contributed by atoms with Gasteiger partial charge in [-0.25, -0.2) is 0 Å². The minimum absolute atomic E-state index is 1.13. The van der Waals surface area contributed by atoms with E-state index in [1.54, 1.807) is 0 Å². The Kier molecular flexibility index (Phi) is 4.04. The van der Waals surface area contributed by atoms with Crippen LogP contribution in [0.5, 0.6) is 0 Å². The lowest BCUT2D eigenvalue weighted by molar-refractivity contribution is 1.03. The van der Waals surface area contributed by atoms with Gasteiger partial charge in [-0.2, -0.15) is 0 Å². The summed E-state index contributed by atoms with van der Waals surface area (Å²) in [5.74, 6) is 0. The van der Waals surface area contributed by atoms with E-state index in [4.69, 9.17) is 5.39 Å². The van der Waals surface area contributed by atoms with Crippen LogP contribution in [0.15, 0.2) is 0 Å². The topological polar surface area (TPSA) is 40.2 Å². The van der Waals surface area contributed by atoms with Crippen molar-refractivity contribution in [2.45, 2.75) is 38.9 Å². The van der Waals surface area contributed by atoms with E-state index >= 15 is 0 Å². The molecular weight excluding hydrogens is 142 g/mol. The summed E-state index contributed by atoms with van der Waals surface area (Å²) in [4.78, 5) is 0. The lowest BCUT2D eigenvalue weighted by Crippen LogP contribution is -2.44. The molecule has 0 aromatic heterocycles. The first-order valence-electron chi connectivity index (χ1n) is 3.86. The van der Waals surface area contributed by atoms with Crippen LogP contribution < -0.4 is 5.09 Å². The van der Waals surface area contributed by atoms with Crippen molar-refractivity contribution in [2.24, 2.45) is 0 Å². The molecule has 0 aromatic carbocycles. The Morgan fingerprint density at radius 2 is 1.60 bits per heavy atom. The predicted molar refractivity (Wildman–Crippen MR) is 45.4 cm³/mol. The largest absolute Gasteiger partial charge is 0.292 e. The number of hydrogen-bond donors (Lipinski definition) is 1. The second-order valence-corrected chi connectivity index (χ2v) is 7.46. The van der Waals surface area contributed by atoms with Gasteiger partial charge in [0.15, 0.2) is 0 Å². The number of hydrogen-bond acceptors (Lipinski definition) is 2. The molecule has 0 rings (SSSR count). The van der Waals surface area contributed by atoms with Crippen molar-refractivity contribution in [2.75, 3.05) is 0 Å². The molecule has 0 saturated carbocycles. The molecule has 0 amide bonds. The van der Waals surface area contributed by atoms with E-state index < -0.39 is 8.24 Å². The Bertz CT molecular complexity index is 117. The molecule has 10 heavy (non-hydrogen) atoms. The zero-order chi connectivity index (χ0) is 8.04. The summed E-state index contributed by atoms with van der Waals surface area (Å²) in [5, 5.41) is 14.2. The Morgan fingerprint density at radius 3 is 1.70 bits per heavy atom. The van der Waals surface area contributed by atoms with Gasteiger partial charge in [-0.3, -0.25) is 0 Å². The standard InChI is InChI=1S/C6H16N3Si/c1-4-10(5-2,6-3)9-8-7/h9H,4-6H2,1-3H3/q+1. The number of diazo groups is 1. The molecule has 1 N–H and O–H groups in total. The fourth-order valence-corrected chi connectivity index (χ4v) is 3.28. The summed E-state index contributed by atoms with van der Waals surface area (Å²) in [7, 11) is -1.38. The van der Waals surface area contributed by atoms with E-state index in [0.29, 0.717) is 0 Å². The number of nitrogens with zero attached hydrogens (tertiary/aromatic N) is 2. The third-order valence-corrected chi connectivity index (χ3v) is 6.95. The zero-order valence-corrected chi connectivity index (χ0v) is 8.02. The van der Waals surface area contributed by atoms with Gasteiger partial charge in [0.2, 0.25) is 0 Å². The molecule has 0 heterocycles. The van der Waals surface area contributed by atoms with Crippen molar-refractivity contribution >= 4 is 8.24 Å². The molecule has 0 aromatic rings. The first-order chi connectivity index (χ1) is 4.74. The monoisotopic (exact) mass is 158 g/mol. The third kappa shape index (κ3) is 1.99. The fraction of sp³-hybridized carbons (Fsp3) is 1.00. The average molecular weight is 158 g/mol. The third-order valence-electron chi connectivity index (χ3n) is 2.32. The normalized spacial score (nSPS) is 10.6. The molecule has 4 heteroatoms. The van der Waals surface area contributed by atoms with Gasteiger partial charge >= 0.3 is 0 Å². The van der Waals surface area contributed by atoms with Gasteiger partial charge in [0.05, 0.1) is 0 Å². The summed E-state index contributed by atoms with van der Waals surface area (Å²) < 4.78 is 0. The van der Waals surface area contributed by atoms with E-state index in [-0.39, 0.29) is 0 Å². The summed E-state index contributed by atoms with van der Waals surface area (Å²) >= 11 is 0. The Balaban J connectivity index is 4.04. The Hall–Kier alpha value is -0.563. The molecule has 0 atom stereocenters. The first-order valence-corrected chi connectivity index (χ1v) is 6.48. The average Bonchev–Trinajstić information content (AvgIpc) is 2.01. The van der Waals surface area contributed by atoms with Crippen molar-refractivity contribution in [3.8, 4) is 0 Å². The van der Waals surface area contributed by atoms with Crippen molar-refractivity contribution in [1.29, 1.82) is 5.39 Å². The van der Waals surface area contributed by atoms with Gasteiger partial charge in [0.1, 0.15) is 0 Å². The smallest absolute Gasteiger partial charge is 0.0863 e. The van der Waals surface area contributed by atoms with Crippen LogP contribution >= 0.6 is 0 Å². The van der Waals surface area contributed by atoms with Crippen LogP contribution in [0, 0.1) is 5.39 Å². The van der Waals surface area contributed by atoms with Crippen LogP contribution in [0.4, 0.5) is 0 Å². The molecule has 0 aliphatic heterocycles. The molecule has 3 nitrogen and oxygen atoms in total. The van der Waals surface area contributed by atoms with Gasteiger partial charge in [0, 0.05) is 0 Å². The first kappa shape index (κ1) is 9.44. The van der Waals surface area contributed by atoms with Gasteiger partial charge in [-0.1, -0.05) is 25.9 Å². The van der Waals surface area contributed by atoms with Crippen LogP contribution in [0.1, 0.15) is 20.8 Å². The highest BCUT2D eigenvalue weighted by Gasteiger charge is 2.33. The van der Waals surface area contributed by atoms with Crippen molar-refractivity contribution in [3.63, 3.8) is 0 Å². The maximum Gasteiger partial charge on any atom is 0.292 e. The van der Waals surface area contributed by atoms with Crippen molar-refractivity contribution in [3.05, 3.63) is 5.08 Å². The highest BCUT2D eigenvalue weighted by atomic mass is 28.3. The van der Waals surface area contributed by atoms with Crippen LogP contribution in [0.25, 0.3) is 5.08 Å². The van der Waals surface area contributed by atoms with Crippen LogP contribution in [-0.4, -0.2) is 8.24 Å². The highest BCUT2D eigenvalue weighted by molar-refractivity contribution is 6.77. The van der Waals surface area contributed by atoms with Crippen molar-refractivity contribution in [1.82, 2.24) is 5.09 Å². The van der Waals surface area contributed by atoms with Crippen LogP contribution in [-0.2, 0) is 0 Å². The second kappa shape index (κ2) is 4.28. The lowest BCUT2D eigenvalue weighted by Gasteiger charge is -2.17. The minimum atomic E-state index is -1.38. The molecule has 0 fully saturated rings. The minimum Gasteiger partial charge on any atom is -0.0863 e. The molecule has 0 spiro atoms. The maximum absolute atomic E-state index is 8.34. The second-order valence-electron chi connectivity index (χ2n) is 2.55. The van der Waals surface area contributed by atoms with Gasteiger partial charge in [-0.05, 0) is 18.1 Å². The molecule has 0 saturated heterocycles. The van der Waals surface area contributed by atoms with Gasteiger partial charge < -0.3 is 0 Å². The molecular formula is C6H16N3Si+. The Labute approximate surface area is 63.5 Å². The molecule has 58 valence electrons.